The first-order chi connectivity index (χ1) is 12.1. The van der Waals surface area contributed by atoms with E-state index in [0.29, 0.717) is 22.3 Å². The third-order valence-corrected chi connectivity index (χ3v) is 3.54. The standard InChI is InChI=1S/C18H15ClN4O2/c1-25-15-7-3-6-14(9-15)23-18(24)16-10-21-17(11-20-16)22-13-5-2-4-12(19)8-13/h2-11H,1H3,(H,21,22)(H,23,24). The lowest BCUT2D eigenvalue weighted by Crippen LogP contribution is -2.14. The van der Waals surface area contributed by atoms with Crippen LogP contribution < -0.4 is 15.4 Å². The number of halogens is 1. The van der Waals surface area contributed by atoms with E-state index in [1.54, 1.807) is 43.5 Å². The monoisotopic (exact) mass is 354 g/mol. The summed E-state index contributed by atoms with van der Waals surface area (Å²) in [6.45, 7) is 0. The van der Waals surface area contributed by atoms with Crippen LogP contribution in [0.3, 0.4) is 0 Å². The zero-order chi connectivity index (χ0) is 17.6. The van der Waals surface area contributed by atoms with Gasteiger partial charge in [0.05, 0.1) is 19.5 Å². The van der Waals surface area contributed by atoms with Crippen molar-refractivity contribution in [3.05, 3.63) is 71.6 Å². The number of rotatable bonds is 5. The molecule has 0 aliphatic rings. The summed E-state index contributed by atoms with van der Waals surface area (Å²) in [6.07, 6.45) is 2.89. The third-order valence-electron chi connectivity index (χ3n) is 3.31. The summed E-state index contributed by atoms with van der Waals surface area (Å²) in [4.78, 5) is 20.6. The smallest absolute Gasteiger partial charge is 0.275 e. The molecule has 0 saturated carbocycles. The first-order valence-electron chi connectivity index (χ1n) is 7.44. The van der Waals surface area contributed by atoms with Crippen LogP contribution in [0.15, 0.2) is 60.9 Å². The van der Waals surface area contributed by atoms with Crippen LogP contribution in [-0.2, 0) is 0 Å². The first-order valence-corrected chi connectivity index (χ1v) is 7.82. The highest BCUT2D eigenvalue weighted by atomic mass is 35.5. The molecule has 0 spiro atoms. The molecule has 6 nitrogen and oxygen atoms in total. The van der Waals surface area contributed by atoms with Gasteiger partial charge in [-0.15, -0.1) is 0 Å². The van der Waals surface area contributed by atoms with Crippen LogP contribution >= 0.6 is 11.6 Å². The second-order valence-corrected chi connectivity index (χ2v) is 5.54. The van der Waals surface area contributed by atoms with E-state index < -0.39 is 0 Å². The van der Waals surface area contributed by atoms with Gasteiger partial charge in [0.2, 0.25) is 0 Å². The molecule has 7 heteroatoms. The lowest BCUT2D eigenvalue weighted by Gasteiger charge is -2.08. The molecule has 0 radical (unpaired) electrons. The number of nitrogens with zero attached hydrogens (tertiary/aromatic N) is 2. The topological polar surface area (TPSA) is 76.1 Å². The second kappa shape index (κ2) is 7.63. The minimum Gasteiger partial charge on any atom is -0.497 e. The molecule has 0 aliphatic carbocycles. The second-order valence-electron chi connectivity index (χ2n) is 5.11. The van der Waals surface area contributed by atoms with Crippen molar-refractivity contribution in [2.45, 2.75) is 0 Å². The molecule has 1 aromatic heterocycles. The number of amides is 1. The van der Waals surface area contributed by atoms with Gasteiger partial charge < -0.3 is 15.4 Å². The van der Waals surface area contributed by atoms with E-state index in [-0.39, 0.29) is 11.6 Å². The van der Waals surface area contributed by atoms with Crippen molar-refractivity contribution in [1.29, 1.82) is 0 Å². The van der Waals surface area contributed by atoms with Crippen LogP contribution in [-0.4, -0.2) is 23.0 Å². The highest BCUT2D eigenvalue weighted by molar-refractivity contribution is 6.30. The van der Waals surface area contributed by atoms with Crippen LogP contribution in [0, 0.1) is 0 Å². The lowest BCUT2D eigenvalue weighted by molar-refractivity contribution is 0.102. The average Bonchev–Trinajstić information content (AvgIpc) is 2.62. The van der Waals surface area contributed by atoms with E-state index in [0.717, 1.165) is 5.69 Å². The van der Waals surface area contributed by atoms with Crippen LogP contribution in [0.25, 0.3) is 0 Å². The molecule has 1 heterocycles. The SMILES string of the molecule is COc1cccc(NC(=O)c2cnc(Nc3cccc(Cl)c3)cn2)c1. The number of methoxy groups -OCH3 is 1. The van der Waals surface area contributed by atoms with Gasteiger partial charge in [-0.05, 0) is 30.3 Å². The van der Waals surface area contributed by atoms with Crippen LogP contribution in [0.1, 0.15) is 10.5 Å². The number of aromatic nitrogens is 2. The van der Waals surface area contributed by atoms with E-state index in [2.05, 4.69) is 20.6 Å². The van der Waals surface area contributed by atoms with Gasteiger partial charge in [-0.3, -0.25) is 4.79 Å². The molecule has 1 amide bonds. The van der Waals surface area contributed by atoms with Gasteiger partial charge in [-0.25, -0.2) is 9.97 Å². The Labute approximate surface area is 149 Å². The van der Waals surface area contributed by atoms with Gasteiger partial charge >= 0.3 is 0 Å². The number of anilines is 3. The number of nitrogens with one attached hydrogen (secondary N) is 2. The summed E-state index contributed by atoms with van der Waals surface area (Å²) in [5.74, 6) is 0.820. The van der Waals surface area contributed by atoms with E-state index in [9.17, 15) is 4.79 Å². The number of hydrogen-bond donors (Lipinski definition) is 2. The summed E-state index contributed by atoms with van der Waals surface area (Å²) in [5.41, 5.74) is 1.61. The summed E-state index contributed by atoms with van der Waals surface area (Å²) < 4.78 is 5.13. The summed E-state index contributed by atoms with van der Waals surface area (Å²) in [7, 11) is 1.57. The molecule has 0 aliphatic heterocycles. The van der Waals surface area contributed by atoms with E-state index in [1.165, 1.54) is 12.4 Å². The molecule has 2 aromatic carbocycles. The largest absolute Gasteiger partial charge is 0.497 e. The molecule has 0 bridgehead atoms. The summed E-state index contributed by atoms with van der Waals surface area (Å²) in [6, 6.07) is 14.3. The zero-order valence-corrected chi connectivity index (χ0v) is 14.1. The minimum atomic E-state index is -0.352. The Morgan fingerprint density at radius 2 is 1.84 bits per heavy atom. The van der Waals surface area contributed by atoms with Gasteiger partial charge in [0.1, 0.15) is 17.3 Å². The van der Waals surface area contributed by atoms with Crippen molar-refractivity contribution >= 4 is 34.7 Å². The Kier molecular flexibility index (Phi) is 5.11. The zero-order valence-electron chi connectivity index (χ0n) is 13.4. The molecular formula is C18H15ClN4O2. The fourth-order valence-electron chi connectivity index (χ4n) is 2.12. The highest BCUT2D eigenvalue weighted by Crippen LogP contribution is 2.19. The Balaban J connectivity index is 1.67. The maximum absolute atomic E-state index is 12.2. The predicted molar refractivity (Wildman–Crippen MR) is 97.7 cm³/mol. The molecule has 0 atom stereocenters. The maximum atomic E-state index is 12.2. The fraction of sp³-hybridized carbons (Fsp3) is 0.0556. The number of carbonyl (C=O) groups excluding carboxylic acids is 1. The highest BCUT2D eigenvalue weighted by Gasteiger charge is 2.09. The fourth-order valence-corrected chi connectivity index (χ4v) is 2.31. The third kappa shape index (κ3) is 4.45. The van der Waals surface area contributed by atoms with Crippen LogP contribution in [0.2, 0.25) is 5.02 Å². The molecule has 0 saturated heterocycles. The number of ether oxygens (including phenoxy) is 1. The molecule has 25 heavy (non-hydrogen) atoms. The summed E-state index contributed by atoms with van der Waals surface area (Å²) >= 11 is 5.94. The van der Waals surface area contributed by atoms with Gasteiger partial charge in [0.25, 0.3) is 5.91 Å². The van der Waals surface area contributed by atoms with E-state index in [4.69, 9.17) is 16.3 Å². The van der Waals surface area contributed by atoms with Gasteiger partial charge in [0, 0.05) is 22.5 Å². The Morgan fingerprint density at radius 3 is 2.56 bits per heavy atom. The quantitative estimate of drug-likeness (QED) is 0.720. The molecule has 126 valence electrons. The van der Waals surface area contributed by atoms with Crippen molar-refractivity contribution in [1.82, 2.24) is 9.97 Å². The Hall–Kier alpha value is -3.12. The van der Waals surface area contributed by atoms with Crippen molar-refractivity contribution < 1.29 is 9.53 Å². The molecule has 3 rings (SSSR count). The average molecular weight is 355 g/mol. The van der Waals surface area contributed by atoms with Gasteiger partial charge in [-0.1, -0.05) is 23.7 Å². The van der Waals surface area contributed by atoms with Crippen molar-refractivity contribution in [2.24, 2.45) is 0 Å². The Morgan fingerprint density at radius 1 is 1.04 bits per heavy atom. The first kappa shape index (κ1) is 16.7. The van der Waals surface area contributed by atoms with Gasteiger partial charge in [-0.2, -0.15) is 0 Å². The van der Waals surface area contributed by atoms with Crippen LogP contribution in [0.5, 0.6) is 5.75 Å². The van der Waals surface area contributed by atoms with Crippen LogP contribution in [0.4, 0.5) is 17.2 Å². The number of benzene rings is 2. The van der Waals surface area contributed by atoms with Crippen molar-refractivity contribution in [2.75, 3.05) is 17.7 Å². The lowest BCUT2D eigenvalue weighted by atomic mass is 10.3. The predicted octanol–water partition coefficient (Wildman–Crippen LogP) is 4.13. The number of carbonyl (C=O) groups is 1. The molecule has 0 unspecified atom stereocenters. The maximum Gasteiger partial charge on any atom is 0.275 e. The molecule has 0 fully saturated rings. The number of hydrogen-bond acceptors (Lipinski definition) is 5. The van der Waals surface area contributed by atoms with Crippen molar-refractivity contribution in [3.63, 3.8) is 0 Å². The normalized spacial score (nSPS) is 10.2. The summed E-state index contributed by atoms with van der Waals surface area (Å²) in [5, 5.41) is 6.44. The molecular weight excluding hydrogens is 340 g/mol. The molecule has 2 N–H and O–H groups in total. The minimum absolute atomic E-state index is 0.208. The molecule has 3 aromatic rings. The van der Waals surface area contributed by atoms with E-state index >= 15 is 0 Å². The van der Waals surface area contributed by atoms with Gasteiger partial charge in [0.15, 0.2) is 0 Å². The Bertz CT molecular complexity index is 884. The van der Waals surface area contributed by atoms with E-state index in [1.807, 2.05) is 12.1 Å². The van der Waals surface area contributed by atoms with Crippen molar-refractivity contribution in [3.8, 4) is 5.75 Å².